The van der Waals surface area contributed by atoms with Crippen LogP contribution in [0.1, 0.15) is 18.4 Å². The molecule has 7 heteroatoms. The van der Waals surface area contributed by atoms with E-state index >= 15 is 0 Å². The molecule has 0 aromatic carbocycles. The van der Waals surface area contributed by atoms with Crippen molar-refractivity contribution in [2.24, 2.45) is 0 Å². The van der Waals surface area contributed by atoms with E-state index in [-0.39, 0.29) is 5.56 Å². The highest BCUT2D eigenvalue weighted by molar-refractivity contribution is 5.73. The number of fused-ring (bicyclic) bond motifs is 1. The molecule has 0 aliphatic carbocycles. The summed E-state index contributed by atoms with van der Waals surface area (Å²) in [5.74, 6) is 0.619. The quantitative estimate of drug-likeness (QED) is 0.759. The van der Waals surface area contributed by atoms with E-state index in [1.807, 2.05) is 12.3 Å². The van der Waals surface area contributed by atoms with Gasteiger partial charge in [-0.3, -0.25) is 19.9 Å². The zero-order valence-corrected chi connectivity index (χ0v) is 12.0. The molecular formula is C15H16N6O. The molecule has 0 spiro atoms. The molecule has 1 atom stereocenters. The van der Waals surface area contributed by atoms with E-state index in [1.165, 1.54) is 11.8 Å². The lowest BCUT2D eigenvalue weighted by molar-refractivity contribution is 0.650. The van der Waals surface area contributed by atoms with Gasteiger partial charge >= 0.3 is 0 Å². The van der Waals surface area contributed by atoms with Gasteiger partial charge in [0.25, 0.3) is 5.56 Å². The summed E-state index contributed by atoms with van der Waals surface area (Å²) < 4.78 is 0. The number of aromatic nitrogens is 5. The van der Waals surface area contributed by atoms with Crippen molar-refractivity contribution in [3.8, 4) is 0 Å². The molecule has 4 heterocycles. The first-order valence-electron chi connectivity index (χ1n) is 7.40. The first-order valence-corrected chi connectivity index (χ1v) is 7.40. The molecular weight excluding hydrogens is 280 g/mol. The van der Waals surface area contributed by atoms with Crippen molar-refractivity contribution in [1.82, 2.24) is 25.1 Å². The fourth-order valence-electron chi connectivity index (χ4n) is 3.09. The van der Waals surface area contributed by atoms with Crippen molar-refractivity contribution in [3.05, 3.63) is 46.6 Å². The van der Waals surface area contributed by atoms with Crippen LogP contribution in [0.2, 0.25) is 0 Å². The first kappa shape index (κ1) is 13.0. The third kappa shape index (κ3) is 2.24. The molecule has 1 unspecified atom stereocenters. The second-order valence-corrected chi connectivity index (χ2v) is 5.58. The fourth-order valence-corrected chi connectivity index (χ4v) is 3.09. The zero-order chi connectivity index (χ0) is 14.9. The minimum absolute atomic E-state index is 0.152. The van der Waals surface area contributed by atoms with Gasteiger partial charge in [-0.15, -0.1) is 0 Å². The van der Waals surface area contributed by atoms with Crippen molar-refractivity contribution in [3.63, 3.8) is 0 Å². The highest BCUT2D eigenvalue weighted by Gasteiger charge is 2.27. The molecule has 0 saturated carbocycles. The summed E-state index contributed by atoms with van der Waals surface area (Å²) in [5, 5.41) is 7.15. The largest absolute Gasteiger partial charge is 0.339 e. The van der Waals surface area contributed by atoms with Crippen LogP contribution in [0.3, 0.4) is 0 Å². The van der Waals surface area contributed by atoms with Gasteiger partial charge < -0.3 is 4.90 Å². The predicted octanol–water partition coefficient (Wildman–Crippen LogP) is 1.25. The number of anilines is 1. The van der Waals surface area contributed by atoms with Crippen molar-refractivity contribution in [2.75, 3.05) is 11.4 Å². The summed E-state index contributed by atoms with van der Waals surface area (Å²) in [7, 11) is 0. The van der Waals surface area contributed by atoms with Gasteiger partial charge in [-0.1, -0.05) is 6.07 Å². The van der Waals surface area contributed by atoms with Gasteiger partial charge in [0, 0.05) is 25.0 Å². The number of nitrogens with one attached hydrogen (secondary N) is 2. The third-order valence-corrected chi connectivity index (χ3v) is 4.15. The lowest BCUT2D eigenvalue weighted by Gasteiger charge is -2.25. The molecule has 1 fully saturated rings. The van der Waals surface area contributed by atoms with E-state index in [0.29, 0.717) is 23.0 Å². The van der Waals surface area contributed by atoms with Crippen LogP contribution >= 0.6 is 0 Å². The first-order chi connectivity index (χ1) is 10.8. The Hall–Kier alpha value is -2.70. The fraction of sp³-hybridized carbons (Fsp3) is 0.333. The molecule has 112 valence electrons. The average molecular weight is 296 g/mol. The van der Waals surface area contributed by atoms with Crippen LogP contribution in [0.4, 0.5) is 5.95 Å². The number of aromatic amines is 2. The molecule has 7 nitrogen and oxygen atoms in total. The summed E-state index contributed by atoms with van der Waals surface area (Å²) in [4.78, 5) is 25.8. The SMILES string of the molecule is O=c1[nH]c(N2CCCC2Cc2cccnc2)nc2[nH]ncc12. The molecule has 0 amide bonds. The Morgan fingerprint density at radius 2 is 2.32 bits per heavy atom. The summed E-state index contributed by atoms with van der Waals surface area (Å²) in [5.41, 5.74) is 1.58. The normalized spacial score (nSPS) is 18.2. The van der Waals surface area contributed by atoms with Crippen LogP contribution in [0.5, 0.6) is 0 Å². The molecule has 1 saturated heterocycles. The number of hydrogen-bond donors (Lipinski definition) is 2. The van der Waals surface area contributed by atoms with Crippen LogP contribution in [-0.2, 0) is 6.42 Å². The number of nitrogens with zero attached hydrogens (tertiary/aromatic N) is 4. The predicted molar refractivity (Wildman–Crippen MR) is 82.8 cm³/mol. The van der Waals surface area contributed by atoms with E-state index in [9.17, 15) is 4.79 Å². The Bertz CT molecular complexity index is 840. The molecule has 3 aromatic heterocycles. The summed E-state index contributed by atoms with van der Waals surface area (Å²) in [6.45, 7) is 0.896. The summed E-state index contributed by atoms with van der Waals surface area (Å²) in [6.07, 6.45) is 8.25. The topological polar surface area (TPSA) is 90.6 Å². The van der Waals surface area contributed by atoms with Crippen LogP contribution in [-0.4, -0.2) is 37.7 Å². The number of H-pyrrole nitrogens is 2. The molecule has 2 N–H and O–H groups in total. The number of hydrogen-bond acceptors (Lipinski definition) is 5. The van der Waals surface area contributed by atoms with Crippen LogP contribution < -0.4 is 10.5 Å². The van der Waals surface area contributed by atoms with Gasteiger partial charge in [-0.25, -0.2) is 0 Å². The molecule has 1 aliphatic heterocycles. The minimum atomic E-state index is -0.152. The maximum atomic E-state index is 12.1. The maximum absolute atomic E-state index is 12.1. The zero-order valence-electron chi connectivity index (χ0n) is 12.0. The second-order valence-electron chi connectivity index (χ2n) is 5.58. The van der Waals surface area contributed by atoms with Crippen molar-refractivity contribution < 1.29 is 0 Å². The van der Waals surface area contributed by atoms with Crippen molar-refractivity contribution in [1.29, 1.82) is 0 Å². The lowest BCUT2D eigenvalue weighted by Crippen LogP contribution is -2.33. The van der Waals surface area contributed by atoms with Crippen molar-refractivity contribution >= 4 is 17.0 Å². The van der Waals surface area contributed by atoms with Gasteiger partial charge in [0.05, 0.1) is 6.20 Å². The van der Waals surface area contributed by atoms with Gasteiger partial charge in [-0.05, 0) is 30.9 Å². The Morgan fingerprint density at radius 1 is 1.36 bits per heavy atom. The standard InChI is InChI=1S/C15H16N6O/c22-14-12-9-17-20-13(12)18-15(19-14)21-6-2-4-11(21)7-10-3-1-5-16-8-10/h1,3,5,8-9,11H,2,4,6-7H2,(H2,17,18,19,20,22). The van der Waals surface area contributed by atoms with Gasteiger partial charge in [0.2, 0.25) is 5.95 Å². The molecule has 22 heavy (non-hydrogen) atoms. The van der Waals surface area contributed by atoms with Gasteiger partial charge in [0.1, 0.15) is 5.39 Å². The molecule has 0 bridgehead atoms. The van der Waals surface area contributed by atoms with Gasteiger partial charge in [-0.2, -0.15) is 10.1 Å². The van der Waals surface area contributed by atoms with Crippen molar-refractivity contribution in [2.45, 2.75) is 25.3 Å². The Morgan fingerprint density at radius 3 is 3.18 bits per heavy atom. The van der Waals surface area contributed by atoms with E-state index < -0.39 is 0 Å². The smallest absolute Gasteiger partial charge is 0.263 e. The van der Waals surface area contributed by atoms with E-state index in [1.54, 1.807) is 6.20 Å². The number of pyridine rings is 1. The highest BCUT2D eigenvalue weighted by atomic mass is 16.1. The Kier molecular flexibility index (Phi) is 3.10. The van der Waals surface area contributed by atoms with E-state index in [4.69, 9.17) is 0 Å². The van der Waals surface area contributed by atoms with E-state index in [0.717, 1.165) is 25.8 Å². The molecule has 3 aromatic rings. The Balaban J connectivity index is 1.66. The number of rotatable bonds is 3. The molecule has 1 aliphatic rings. The van der Waals surface area contributed by atoms with Gasteiger partial charge in [0.15, 0.2) is 5.65 Å². The van der Waals surface area contributed by atoms with E-state index in [2.05, 4.69) is 36.1 Å². The maximum Gasteiger partial charge on any atom is 0.263 e. The van der Waals surface area contributed by atoms with Crippen LogP contribution in [0.25, 0.3) is 11.0 Å². The Labute approximate surface area is 126 Å². The minimum Gasteiger partial charge on any atom is -0.339 e. The molecule has 0 radical (unpaired) electrons. The van der Waals surface area contributed by atoms with Crippen LogP contribution in [0.15, 0.2) is 35.5 Å². The summed E-state index contributed by atoms with van der Waals surface area (Å²) in [6, 6.07) is 4.36. The third-order valence-electron chi connectivity index (χ3n) is 4.15. The highest BCUT2D eigenvalue weighted by Crippen LogP contribution is 2.25. The van der Waals surface area contributed by atoms with Crippen LogP contribution in [0, 0.1) is 0 Å². The second kappa shape index (κ2) is 5.25. The monoisotopic (exact) mass is 296 g/mol. The lowest BCUT2D eigenvalue weighted by atomic mass is 10.1. The average Bonchev–Trinajstić information content (AvgIpc) is 3.17. The molecule has 4 rings (SSSR count). The summed E-state index contributed by atoms with van der Waals surface area (Å²) >= 11 is 0.